The first-order chi connectivity index (χ1) is 14.9. The first-order valence-electron chi connectivity index (χ1n) is 11.0. The predicted molar refractivity (Wildman–Crippen MR) is 118 cm³/mol. The molecule has 0 atom stereocenters. The standard InChI is InChI=1S/C23H30N6O2/c1-23(2,3)14-31-22(30)27-13-19-28-18-12-26-21-17(9-11-25-21)20(18)29(19)16-6-4-15(5-7-16)8-10-24/h9,11-12,15-16H,4-8,13-14H2,1-3H3,(H,25,26)(H,27,30). The van der Waals surface area contributed by atoms with E-state index in [2.05, 4.69) is 25.9 Å². The minimum Gasteiger partial charge on any atom is -0.449 e. The zero-order valence-electron chi connectivity index (χ0n) is 18.4. The summed E-state index contributed by atoms with van der Waals surface area (Å²) in [4.78, 5) is 24.7. The van der Waals surface area contributed by atoms with E-state index in [0.29, 0.717) is 25.5 Å². The van der Waals surface area contributed by atoms with Crippen LogP contribution in [-0.4, -0.2) is 32.2 Å². The van der Waals surface area contributed by atoms with Gasteiger partial charge in [0.15, 0.2) is 0 Å². The highest BCUT2D eigenvalue weighted by Crippen LogP contribution is 2.37. The molecule has 0 spiro atoms. The van der Waals surface area contributed by atoms with E-state index in [4.69, 9.17) is 15.0 Å². The smallest absolute Gasteiger partial charge is 0.407 e. The minimum atomic E-state index is -0.434. The number of ether oxygens (including phenoxy) is 1. The van der Waals surface area contributed by atoms with Gasteiger partial charge in [0.1, 0.15) is 17.0 Å². The van der Waals surface area contributed by atoms with E-state index in [9.17, 15) is 4.79 Å². The Hall–Kier alpha value is -3.08. The zero-order chi connectivity index (χ0) is 22.0. The van der Waals surface area contributed by atoms with Gasteiger partial charge in [-0.05, 0) is 43.1 Å². The Kier molecular flexibility index (Phi) is 5.86. The molecule has 0 aliphatic heterocycles. The minimum absolute atomic E-state index is 0.0852. The number of aromatic amines is 1. The van der Waals surface area contributed by atoms with Crippen LogP contribution >= 0.6 is 0 Å². The molecule has 0 saturated heterocycles. The maximum atomic E-state index is 12.2. The molecule has 8 heteroatoms. The van der Waals surface area contributed by atoms with Crippen LogP contribution in [0.15, 0.2) is 18.5 Å². The number of carbonyl (C=O) groups is 1. The number of nitriles is 1. The van der Waals surface area contributed by atoms with Crippen molar-refractivity contribution in [2.24, 2.45) is 11.3 Å². The molecule has 1 aliphatic rings. The highest BCUT2D eigenvalue weighted by atomic mass is 16.5. The van der Waals surface area contributed by atoms with Gasteiger partial charge in [0, 0.05) is 24.0 Å². The summed E-state index contributed by atoms with van der Waals surface area (Å²) in [6.45, 7) is 6.72. The second-order valence-electron chi connectivity index (χ2n) is 9.66. The first kappa shape index (κ1) is 21.2. The molecule has 0 radical (unpaired) electrons. The molecule has 1 fully saturated rings. The van der Waals surface area contributed by atoms with E-state index in [0.717, 1.165) is 53.6 Å². The maximum Gasteiger partial charge on any atom is 0.407 e. The maximum absolute atomic E-state index is 12.2. The molecule has 31 heavy (non-hydrogen) atoms. The van der Waals surface area contributed by atoms with Crippen molar-refractivity contribution in [1.82, 2.24) is 24.8 Å². The Balaban J connectivity index is 1.61. The van der Waals surface area contributed by atoms with Gasteiger partial charge in [-0.15, -0.1) is 0 Å². The van der Waals surface area contributed by atoms with Crippen molar-refractivity contribution in [3.63, 3.8) is 0 Å². The Morgan fingerprint density at radius 2 is 2.13 bits per heavy atom. The Morgan fingerprint density at radius 3 is 2.84 bits per heavy atom. The summed E-state index contributed by atoms with van der Waals surface area (Å²) in [5, 5.41) is 12.9. The van der Waals surface area contributed by atoms with Crippen LogP contribution in [0, 0.1) is 22.7 Å². The second kappa shape index (κ2) is 8.58. The number of pyridine rings is 1. The van der Waals surface area contributed by atoms with Crippen molar-refractivity contribution in [1.29, 1.82) is 5.26 Å². The monoisotopic (exact) mass is 422 g/mol. The number of amides is 1. The van der Waals surface area contributed by atoms with Crippen LogP contribution in [0.1, 0.15) is 64.7 Å². The van der Waals surface area contributed by atoms with Crippen LogP contribution in [0.4, 0.5) is 4.79 Å². The fraction of sp³-hybridized carbons (Fsp3) is 0.565. The molecular formula is C23H30N6O2. The van der Waals surface area contributed by atoms with Crippen molar-refractivity contribution >= 4 is 28.2 Å². The van der Waals surface area contributed by atoms with E-state index in [1.807, 2.05) is 33.0 Å². The predicted octanol–water partition coefficient (Wildman–Crippen LogP) is 4.83. The van der Waals surface area contributed by atoms with Crippen molar-refractivity contribution in [3.8, 4) is 6.07 Å². The number of carbonyl (C=O) groups excluding carboxylic acids is 1. The van der Waals surface area contributed by atoms with E-state index in [-0.39, 0.29) is 11.5 Å². The van der Waals surface area contributed by atoms with Crippen molar-refractivity contribution in [2.75, 3.05) is 6.61 Å². The summed E-state index contributed by atoms with van der Waals surface area (Å²) in [6, 6.07) is 4.62. The number of nitrogens with one attached hydrogen (secondary N) is 2. The highest BCUT2D eigenvalue weighted by molar-refractivity contribution is 6.01. The normalized spacial score (nSPS) is 19.4. The average Bonchev–Trinajstić information content (AvgIpc) is 3.35. The molecule has 3 aromatic heterocycles. The number of H-pyrrole nitrogens is 1. The van der Waals surface area contributed by atoms with Crippen LogP contribution in [0.3, 0.4) is 0 Å². The number of aromatic nitrogens is 4. The van der Waals surface area contributed by atoms with Gasteiger partial charge >= 0.3 is 6.09 Å². The third kappa shape index (κ3) is 4.66. The van der Waals surface area contributed by atoms with Gasteiger partial charge in [-0.2, -0.15) is 5.26 Å². The molecule has 2 N–H and O–H groups in total. The molecule has 0 bridgehead atoms. The molecular weight excluding hydrogens is 392 g/mol. The van der Waals surface area contributed by atoms with Gasteiger partial charge in [-0.25, -0.2) is 14.8 Å². The van der Waals surface area contributed by atoms with Crippen LogP contribution in [0.25, 0.3) is 22.1 Å². The van der Waals surface area contributed by atoms with E-state index in [1.54, 1.807) is 6.20 Å². The molecule has 3 heterocycles. The number of imidazole rings is 1. The Morgan fingerprint density at radius 1 is 1.35 bits per heavy atom. The molecule has 1 amide bonds. The lowest BCUT2D eigenvalue weighted by Gasteiger charge is -2.30. The third-order valence-corrected chi connectivity index (χ3v) is 5.90. The van der Waals surface area contributed by atoms with Crippen LogP contribution in [-0.2, 0) is 11.3 Å². The lowest BCUT2D eigenvalue weighted by atomic mass is 9.84. The molecule has 0 unspecified atom stereocenters. The van der Waals surface area contributed by atoms with E-state index in [1.165, 1.54) is 0 Å². The fourth-order valence-corrected chi connectivity index (χ4v) is 4.38. The Labute approximate surface area is 182 Å². The summed E-state index contributed by atoms with van der Waals surface area (Å²) < 4.78 is 7.63. The summed E-state index contributed by atoms with van der Waals surface area (Å²) in [5.41, 5.74) is 2.62. The SMILES string of the molecule is CC(C)(C)COC(=O)NCc1nc2cnc3[nH]ccc3c2n1C1CCC(CC#N)CC1. The largest absolute Gasteiger partial charge is 0.449 e. The summed E-state index contributed by atoms with van der Waals surface area (Å²) in [7, 11) is 0. The number of alkyl carbamates (subject to hydrolysis) is 1. The molecule has 1 aliphatic carbocycles. The van der Waals surface area contributed by atoms with Crippen molar-refractivity contribution < 1.29 is 9.53 Å². The van der Waals surface area contributed by atoms with Gasteiger partial charge in [0.25, 0.3) is 0 Å². The van der Waals surface area contributed by atoms with Gasteiger partial charge in [0.05, 0.1) is 30.9 Å². The quantitative estimate of drug-likeness (QED) is 0.612. The molecule has 0 aromatic carbocycles. The fourth-order valence-electron chi connectivity index (χ4n) is 4.38. The van der Waals surface area contributed by atoms with E-state index >= 15 is 0 Å². The third-order valence-electron chi connectivity index (χ3n) is 5.90. The molecule has 8 nitrogen and oxygen atoms in total. The van der Waals surface area contributed by atoms with Crippen LogP contribution in [0.2, 0.25) is 0 Å². The lowest BCUT2D eigenvalue weighted by molar-refractivity contribution is 0.105. The van der Waals surface area contributed by atoms with Gasteiger partial charge in [-0.1, -0.05) is 20.8 Å². The molecule has 3 aromatic rings. The van der Waals surface area contributed by atoms with Crippen LogP contribution in [0.5, 0.6) is 0 Å². The molecule has 1 saturated carbocycles. The summed E-state index contributed by atoms with van der Waals surface area (Å²) >= 11 is 0. The number of nitrogens with zero attached hydrogens (tertiary/aromatic N) is 4. The van der Waals surface area contributed by atoms with E-state index < -0.39 is 6.09 Å². The zero-order valence-corrected chi connectivity index (χ0v) is 18.4. The number of hydrogen-bond acceptors (Lipinski definition) is 5. The van der Waals surface area contributed by atoms with Gasteiger partial charge < -0.3 is 19.6 Å². The second-order valence-corrected chi connectivity index (χ2v) is 9.66. The number of rotatable bonds is 5. The lowest BCUT2D eigenvalue weighted by Crippen LogP contribution is -2.29. The Bertz CT molecular complexity index is 1110. The topological polar surface area (TPSA) is 109 Å². The van der Waals surface area contributed by atoms with Gasteiger partial charge in [-0.3, -0.25) is 0 Å². The molecule has 4 rings (SSSR count). The summed E-state index contributed by atoms with van der Waals surface area (Å²) in [5.74, 6) is 1.28. The highest BCUT2D eigenvalue weighted by Gasteiger charge is 2.27. The first-order valence-corrected chi connectivity index (χ1v) is 11.0. The number of hydrogen-bond donors (Lipinski definition) is 2. The average molecular weight is 423 g/mol. The van der Waals surface area contributed by atoms with Gasteiger partial charge in [0.2, 0.25) is 0 Å². The van der Waals surface area contributed by atoms with Crippen LogP contribution < -0.4 is 5.32 Å². The molecule has 164 valence electrons. The number of fused-ring (bicyclic) bond motifs is 3. The van der Waals surface area contributed by atoms with Crippen molar-refractivity contribution in [2.45, 2.75) is 65.5 Å². The summed E-state index contributed by atoms with van der Waals surface area (Å²) in [6.07, 6.45) is 7.90. The van der Waals surface area contributed by atoms with Crippen molar-refractivity contribution in [3.05, 3.63) is 24.3 Å².